The topological polar surface area (TPSA) is 46.3 Å². The Balaban J connectivity index is 2.27. The zero-order valence-corrected chi connectivity index (χ0v) is 8.99. The first-order valence-electron chi connectivity index (χ1n) is 5.27. The predicted molar refractivity (Wildman–Crippen MR) is 59.1 cm³/mol. The molecule has 0 atom stereocenters. The summed E-state index contributed by atoms with van der Waals surface area (Å²) >= 11 is 0. The summed E-state index contributed by atoms with van der Waals surface area (Å²) in [5.74, 6) is 0.152. The summed E-state index contributed by atoms with van der Waals surface area (Å²) in [6.07, 6.45) is 0.958. The molecule has 3 nitrogen and oxygen atoms in total. The van der Waals surface area contributed by atoms with E-state index >= 15 is 0 Å². The lowest BCUT2D eigenvalue weighted by Gasteiger charge is -2.28. The molecular formula is C12H16N2O. The Labute approximate surface area is 89.9 Å². The van der Waals surface area contributed by atoms with Crippen LogP contribution in [0.2, 0.25) is 0 Å². The number of hydrogen-bond donors (Lipinski definition) is 1. The third kappa shape index (κ3) is 2.02. The van der Waals surface area contributed by atoms with Gasteiger partial charge in [-0.05, 0) is 23.1 Å². The predicted octanol–water partition coefficient (Wildman–Crippen LogP) is 1.05. The smallest absolute Gasteiger partial charge is 0.219 e. The highest BCUT2D eigenvalue weighted by Crippen LogP contribution is 2.20. The monoisotopic (exact) mass is 204 g/mol. The van der Waals surface area contributed by atoms with Crippen molar-refractivity contribution in [2.24, 2.45) is 5.73 Å². The van der Waals surface area contributed by atoms with E-state index in [-0.39, 0.29) is 5.91 Å². The van der Waals surface area contributed by atoms with Crippen LogP contribution in [0.4, 0.5) is 0 Å². The van der Waals surface area contributed by atoms with Gasteiger partial charge in [-0.1, -0.05) is 18.2 Å². The van der Waals surface area contributed by atoms with Gasteiger partial charge in [0.15, 0.2) is 0 Å². The van der Waals surface area contributed by atoms with Crippen LogP contribution >= 0.6 is 0 Å². The largest absolute Gasteiger partial charge is 0.338 e. The molecule has 1 heterocycles. The van der Waals surface area contributed by atoms with Crippen molar-refractivity contribution in [2.45, 2.75) is 26.4 Å². The average Bonchev–Trinajstić information content (AvgIpc) is 2.27. The van der Waals surface area contributed by atoms with Crippen LogP contribution in [0, 0.1) is 0 Å². The summed E-state index contributed by atoms with van der Waals surface area (Å²) in [6.45, 7) is 3.76. The molecule has 15 heavy (non-hydrogen) atoms. The van der Waals surface area contributed by atoms with Crippen LogP contribution in [-0.2, 0) is 24.3 Å². The lowest BCUT2D eigenvalue weighted by atomic mass is 9.97. The molecule has 2 N–H and O–H groups in total. The molecule has 1 aliphatic rings. The van der Waals surface area contributed by atoms with Crippen LogP contribution in [0.1, 0.15) is 23.6 Å². The minimum absolute atomic E-state index is 0.152. The van der Waals surface area contributed by atoms with Crippen molar-refractivity contribution in [1.82, 2.24) is 4.90 Å². The van der Waals surface area contributed by atoms with Gasteiger partial charge < -0.3 is 10.6 Å². The van der Waals surface area contributed by atoms with Crippen molar-refractivity contribution >= 4 is 5.91 Å². The number of nitrogens with two attached hydrogens (primary N) is 1. The molecule has 0 aliphatic carbocycles. The Kier molecular flexibility index (Phi) is 2.73. The van der Waals surface area contributed by atoms with Gasteiger partial charge in [0.1, 0.15) is 0 Å². The maximum absolute atomic E-state index is 11.3. The second kappa shape index (κ2) is 4.03. The lowest BCUT2D eigenvalue weighted by molar-refractivity contribution is -0.129. The summed E-state index contributed by atoms with van der Waals surface area (Å²) in [5.41, 5.74) is 9.34. The van der Waals surface area contributed by atoms with Crippen molar-refractivity contribution in [3.8, 4) is 0 Å². The van der Waals surface area contributed by atoms with Crippen LogP contribution in [-0.4, -0.2) is 17.4 Å². The van der Waals surface area contributed by atoms with Crippen molar-refractivity contribution in [1.29, 1.82) is 0 Å². The Morgan fingerprint density at radius 2 is 2.27 bits per heavy atom. The van der Waals surface area contributed by atoms with E-state index in [0.717, 1.165) is 25.1 Å². The number of rotatable bonds is 1. The van der Waals surface area contributed by atoms with E-state index in [1.54, 1.807) is 6.92 Å². The van der Waals surface area contributed by atoms with Gasteiger partial charge in [0.05, 0.1) is 0 Å². The average molecular weight is 204 g/mol. The molecular weight excluding hydrogens is 188 g/mol. The van der Waals surface area contributed by atoms with Crippen LogP contribution in [0.15, 0.2) is 18.2 Å². The highest BCUT2D eigenvalue weighted by molar-refractivity contribution is 5.73. The molecule has 0 saturated carbocycles. The number of carbonyl (C=O) groups is 1. The molecule has 0 saturated heterocycles. The summed E-state index contributed by atoms with van der Waals surface area (Å²) in [6, 6.07) is 6.32. The Bertz CT molecular complexity index is 387. The zero-order chi connectivity index (χ0) is 10.8. The molecule has 1 aromatic rings. The first-order valence-corrected chi connectivity index (χ1v) is 5.27. The van der Waals surface area contributed by atoms with Gasteiger partial charge in [0, 0.05) is 26.6 Å². The molecule has 0 unspecified atom stereocenters. The fraction of sp³-hybridized carbons (Fsp3) is 0.417. The van der Waals surface area contributed by atoms with Crippen LogP contribution in [0.5, 0.6) is 0 Å². The van der Waals surface area contributed by atoms with Crippen molar-refractivity contribution in [3.63, 3.8) is 0 Å². The van der Waals surface area contributed by atoms with Gasteiger partial charge in [-0.3, -0.25) is 4.79 Å². The highest BCUT2D eigenvalue weighted by atomic mass is 16.2. The number of hydrogen-bond acceptors (Lipinski definition) is 2. The van der Waals surface area contributed by atoms with Gasteiger partial charge in [-0.2, -0.15) is 0 Å². The first kappa shape index (κ1) is 10.2. The van der Waals surface area contributed by atoms with Crippen LogP contribution in [0.3, 0.4) is 0 Å². The molecule has 0 fully saturated rings. The van der Waals surface area contributed by atoms with Crippen molar-refractivity contribution in [2.75, 3.05) is 6.54 Å². The Hall–Kier alpha value is -1.35. The van der Waals surface area contributed by atoms with E-state index in [1.807, 2.05) is 4.90 Å². The van der Waals surface area contributed by atoms with E-state index in [9.17, 15) is 4.79 Å². The maximum Gasteiger partial charge on any atom is 0.219 e. The molecule has 0 radical (unpaired) electrons. The van der Waals surface area contributed by atoms with E-state index in [0.29, 0.717) is 6.54 Å². The molecule has 0 spiro atoms. The molecule has 1 aromatic carbocycles. The summed E-state index contributed by atoms with van der Waals surface area (Å²) in [7, 11) is 0. The fourth-order valence-corrected chi connectivity index (χ4v) is 2.01. The highest BCUT2D eigenvalue weighted by Gasteiger charge is 2.17. The van der Waals surface area contributed by atoms with Gasteiger partial charge in [-0.25, -0.2) is 0 Å². The third-order valence-electron chi connectivity index (χ3n) is 2.96. The number of fused-ring (bicyclic) bond motifs is 1. The van der Waals surface area contributed by atoms with E-state index in [4.69, 9.17) is 5.73 Å². The normalized spacial score (nSPS) is 14.9. The molecule has 0 aromatic heterocycles. The molecule has 0 bridgehead atoms. The Morgan fingerprint density at radius 1 is 1.47 bits per heavy atom. The minimum Gasteiger partial charge on any atom is -0.338 e. The summed E-state index contributed by atoms with van der Waals surface area (Å²) in [5, 5.41) is 0. The maximum atomic E-state index is 11.3. The number of nitrogens with zero attached hydrogens (tertiary/aromatic N) is 1. The van der Waals surface area contributed by atoms with Crippen LogP contribution < -0.4 is 5.73 Å². The van der Waals surface area contributed by atoms with Crippen LogP contribution in [0.25, 0.3) is 0 Å². The van der Waals surface area contributed by atoms with E-state index in [1.165, 1.54) is 11.1 Å². The number of amides is 1. The van der Waals surface area contributed by atoms with Crippen molar-refractivity contribution in [3.05, 3.63) is 34.9 Å². The summed E-state index contributed by atoms with van der Waals surface area (Å²) < 4.78 is 0. The van der Waals surface area contributed by atoms with Gasteiger partial charge in [-0.15, -0.1) is 0 Å². The molecule has 80 valence electrons. The van der Waals surface area contributed by atoms with Gasteiger partial charge in [0.25, 0.3) is 0 Å². The van der Waals surface area contributed by atoms with E-state index < -0.39 is 0 Å². The number of benzene rings is 1. The Morgan fingerprint density at radius 3 is 2.93 bits per heavy atom. The number of carbonyl (C=O) groups excluding carboxylic acids is 1. The van der Waals surface area contributed by atoms with E-state index in [2.05, 4.69) is 18.2 Å². The second-order valence-electron chi connectivity index (χ2n) is 4.00. The molecule has 1 aliphatic heterocycles. The zero-order valence-electron chi connectivity index (χ0n) is 8.99. The standard InChI is InChI=1S/C12H16N2O/c1-9(15)14-5-4-11-3-2-10(7-13)6-12(11)8-14/h2-3,6H,4-5,7-8,13H2,1H3. The molecule has 2 rings (SSSR count). The van der Waals surface area contributed by atoms with Gasteiger partial charge >= 0.3 is 0 Å². The summed E-state index contributed by atoms with van der Waals surface area (Å²) in [4.78, 5) is 13.1. The quantitative estimate of drug-likeness (QED) is 0.743. The second-order valence-corrected chi connectivity index (χ2v) is 4.00. The SMILES string of the molecule is CC(=O)N1CCc2ccc(CN)cc2C1. The van der Waals surface area contributed by atoms with Crippen molar-refractivity contribution < 1.29 is 4.79 Å². The molecule has 1 amide bonds. The third-order valence-corrected chi connectivity index (χ3v) is 2.96. The van der Waals surface area contributed by atoms with Gasteiger partial charge in [0.2, 0.25) is 5.91 Å². The molecule has 3 heteroatoms. The fourth-order valence-electron chi connectivity index (χ4n) is 2.01. The first-order chi connectivity index (χ1) is 7.20. The lowest BCUT2D eigenvalue weighted by Crippen LogP contribution is -2.34. The minimum atomic E-state index is 0.152.